The summed E-state index contributed by atoms with van der Waals surface area (Å²) in [6.07, 6.45) is -4.87. The number of pyridine rings is 1. The van der Waals surface area contributed by atoms with Crippen LogP contribution in [0.1, 0.15) is 37.7 Å². The van der Waals surface area contributed by atoms with E-state index in [9.17, 15) is 35.9 Å². The maximum Gasteiger partial charge on any atom is 0.433 e. The standard InChI is InChI=1S/C24H22F6N8O3/c1-22(2,3)41-21(40)34-15-8-37(9-15)20(39)16(14-6-31-11-32-7-14)10-38-12-33-19(36-38)13-4-17(23(25,26)27)35-18(5-13)24(28,29)30/h4-7,10-12,15H,8-9H2,1-3H3,(H,34,40)/b16-10+. The van der Waals surface area contributed by atoms with E-state index in [2.05, 4.69) is 30.4 Å². The largest absolute Gasteiger partial charge is 0.444 e. The summed E-state index contributed by atoms with van der Waals surface area (Å²) in [5, 5.41) is 6.59. The summed E-state index contributed by atoms with van der Waals surface area (Å²) in [6.45, 7) is 5.40. The smallest absolute Gasteiger partial charge is 0.433 e. The van der Waals surface area contributed by atoms with Crippen molar-refractivity contribution in [1.29, 1.82) is 0 Å². The molecule has 3 aromatic heterocycles. The lowest BCUT2D eigenvalue weighted by atomic mass is 10.0. The number of nitrogens with one attached hydrogen (secondary N) is 1. The molecule has 0 radical (unpaired) electrons. The van der Waals surface area contributed by atoms with Crippen LogP contribution in [0.15, 0.2) is 37.2 Å². The number of likely N-dealkylation sites (tertiary alicyclic amines) is 1. The second-order valence-electron chi connectivity index (χ2n) is 9.89. The lowest BCUT2D eigenvalue weighted by Crippen LogP contribution is -2.61. The number of rotatable bonds is 5. The van der Waals surface area contributed by atoms with Crippen molar-refractivity contribution in [1.82, 2.24) is 39.9 Å². The van der Waals surface area contributed by atoms with Gasteiger partial charge in [-0.05, 0) is 32.9 Å². The SMILES string of the molecule is CC(C)(C)OC(=O)NC1CN(C(=O)/C(=C/n2cnc(-c3cc(C(F)(F)F)nc(C(F)(F)F)c3)n2)c2cncnc2)C1. The van der Waals surface area contributed by atoms with Crippen molar-refractivity contribution >= 4 is 23.8 Å². The van der Waals surface area contributed by atoms with Crippen LogP contribution in [0.25, 0.3) is 23.2 Å². The van der Waals surface area contributed by atoms with E-state index in [1.54, 1.807) is 20.8 Å². The summed E-state index contributed by atoms with van der Waals surface area (Å²) in [6, 6.07) is 0.415. The molecule has 4 rings (SSSR count). The summed E-state index contributed by atoms with van der Waals surface area (Å²) in [5.74, 6) is -0.997. The molecule has 11 nitrogen and oxygen atoms in total. The molecule has 3 aromatic rings. The molecule has 4 heterocycles. The lowest BCUT2D eigenvalue weighted by Gasteiger charge is -2.40. The molecule has 218 valence electrons. The number of alkyl carbamates (subject to hydrolysis) is 1. The average Bonchev–Trinajstić information content (AvgIpc) is 3.31. The Labute approximate surface area is 228 Å². The third-order valence-corrected chi connectivity index (χ3v) is 5.43. The minimum Gasteiger partial charge on any atom is -0.444 e. The summed E-state index contributed by atoms with van der Waals surface area (Å²) >= 11 is 0. The zero-order valence-electron chi connectivity index (χ0n) is 21.7. The first-order chi connectivity index (χ1) is 19.0. The normalized spacial score (nSPS) is 15.0. The Kier molecular flexibility index (Phi) is 7.73. The van der Waals surface area contributed by atoms with E-state index in [0.29, 0.717) is 12.1 Å². The molecule has 2 amide bonds. The number of halogens is 6. The Morgan fingerprint density at radius 2 is 1.59 bits per heavy atom. The predicted octanol–water partition coefficient (Wildman–Crippen LogP) is 3.90. The van der Waals surface area contributed by atoms with Crippen LogP contribution in [0.3, 0.4) is 0 Å². The van der Waals surface area contributed by atoms with E-state index >= 15 is 0 Å². The third-order valence-electron chi connectivity index (χ3n) is 5.43. The Bertz CT molecular complexity index is 1430. The summed E-state index contributed by atoms with van der Waals surface area (Å²) in [5.41, 5.74) is -4.57. The van der Waals surface area contributed by atoms with E-state index in [0.717, 1.165) is 11.0 Å². The van der Waals surface area contributed by atoms with Gasteiger partial charge in [-0.15, -0.1) is 5.10 Å². The third kappa shape index (κ3) is 7.34. The van der Waals surface area contributed by atoms with Gasteiger partial charge in [0.2, 0.25) is 0 Å². The molecule has 17 heteroatoms. The van der Waals surface area contributed by atoms with Gasteiger partial charge < -0.3 is 15.0 Å². The first-order valence-electron chi connectivity index (χ1n) is 11.8. The minimum atomic E-state index is -5.15. The van der Waals surface area contributed by atoms with Crippen LogP contribution in [-0.2, 0) is 21.9 Å². The minimum absolute atomic E-state index is 0.000502. The topological polar surface area (TPSA) is 128 Å². The molecule has 1 N–H and O–H groups in total. The second kappa shape index (κ2) is 10.8. The second-order valence-corrected chi connectivity index (χ2v) is 9.89. The number of hydrogen-bond acceptors (Lipinski definition) is 8. The Morgan fingerprint density at radius 1 is 1.00 bits per heavy atom. The molecule has 0 atom stereocenters. The number of aromatic nitrogens is 6. The summed E-state index contributed by atoms with van der Waals surface area (Å²) < 4.78 is 85.5. The van der Waals surface area contributed by atoms with Crippen LogP contribution >= 0.6 is 0 Å². The predicted molar refractivity (Wildman–Crippen MR) is 129 cm³/mol. The highest BCUT2D eigenvalue weighted by molar-refractivity contribution is 6.23. The molecule has 0 aromatic carbocycles. The molecular formula is C24H22F6N8O3. The van der Waals surface area contributed by atoms with Gasteiger partial charge in [-0.3, -0.25) is 4.79 Å². The molecule has 41 heavy (non-hydrogen) atoms. The quantitative estimate of drug-likeness (QED) is 0.353. The molecular weight excluding hydrogens is 562 g/mol. The van der Waals surface area contributed by atoms with E-state index in [1.807, 2.05) is 0 Å². The van der Waals surface area contributed by atoms with Crippen molar-refractivity contribution in [3.8, 4) is 11.4 Å². The van der Waals surface area contributed by atoms with Gasteiger partial charge in [0, 0.05) is 42.8 Å². The van der Waals surface area contributed by atoms with Crippen molar-refractivity contribution in [2.24, 2.45) is 0 Å². The maximum absolute atomic E-state index is 13.3. The van der Waals surface area contributed by atoms with Gasteiger partial charge in [-0.2, -0.15) is 26.3 Å². The molecule has 0 spiro atoms. The molecule has 1 saturated heterocycles. The fourth-order valence-electron chi connectivity index (χ4n) is 3.62. The van der Waals surface area contributed by atoms with Crippen molar-refractivity contribution in [2.75, 3.05) is 13.1 Å². The van der Waals surface area contributed by atoms with Gasteiger partial charge in [-0.25, -0.2) is 29.4 Å². The monoisotopic (exact) mass is 584 g/mol. The van der Waals surface area contributed by atoms with Crippen molar-refractivity contribution < 1.29 is 40.7 Å². The number of carbonyl (C=O) groups excluding carboxylic acids is 2. The van der Waals surface area contributed by atoms with Gasteiger partial charge in [0.15, 0.2) is 5.82 Å². The van der Waals surface area contributed by atoms with E-state index in [4.69, 9.17) is 4.74 Å². The molecule has 0 unspecified atom stereocenters. The zero-order valence-corrected chi connectivity index (χ0v) is 21.7. The fraction of sp³-hybridized carbons (Fsp3) is 0.375. The summed E-state index contributed by atoms with van der Waals surface area (Å²) in [4.78, 5) is 41.0. The Hall–Kier alpha value is -4.57. The molecule has 0 saturated carbocycles. The van der Waals surface area contributed by atoms with Crippen LogP contribution in [0.4, 0.5) is 31.1 Å². The van der Waals surface area contributed by atoms with Gasteiger partial charge in [-0.1, -0.05) is 0 Å². The molecule has 0 aliphatic carbocycles. The Morgan fingerprint density at radius 3 is 2.12 bits per heavy atom. The van der Waals surface area contributed by atoms with Crippen LogP contribution < -0.4 is 5.32 Å². The zero-order chi connectivity index (χ0) is 30.2. The first kappa shape index (κ1) is 29.4. The highest BCUT2D eigenvalue weighted by Crippen LogP contribution is 2.35. The molecule has 1 fully saturated rings. The van der Waals surface area contributed by atoms with Crippen LogP contribution in [0, 0.1) is 0 Å². The number of amides is 2. The van der Waals surface area contributed by atoms with E-state index in [-0.39, 0.29) is 30.3 Å². The van der Waals surface area contributed by atoms with E-state index < -0.39 is 52.7 Å². The fourth-order valence-corrected chi connectivity index (χ4v) is 3.62. The van der Waals surface area contributed by atoms with Crippen molar-refractivity contribution in [3.63, 3.8) is 0 Å². The maximum atomic E-state index is 13.3. The first-order valence-corrected chi connectivity index (χ1v) is 11.8. The molecule has 1 aliphatic rings. The van der Waals surface area contributed by atoms with Gasteiger partial charge >= 0.3 is 18.4 Å². The highest BCUT2D eigenvalue weighted by atomic mass is 19.4. The molecule has 0 bridgehead atoms. The van der Waals surface area contributed by atoms with Gasteiger partial charge in [0.1, 0.15) is 29.6 Å². The van der Waals surface area contributed by atoms with Gasteiger partial charge in [0.25, 0.3) is 5.91 Å². The van der Waals surface area contributed by atoms with Crippen LogP contribution in [-0.4, -0.2) is 71.3 Å². The Balaban J connectivity index is 1.60. The van der Waals surface area contributed by atoms with Crippen LogP contribution in [0.5, 0.6) is 0 Å². The number of alkyl halides is 6. The number of ether oxygens (including phenoxy) is 1. The summed E-state index contributed by atoms with van der Waals surface area (Å²) in [7, 11) is 0. The van der Waals surface area contributed by atoms with E-state index in [1.165, 1.54) is 29.8 Å². The van der Waals surface area contributed by atoms with Crippen molar-refractivity contribution in [2.45, 2.75) is 44.8 Å². The van der Waals surface area contributed by atoms with Crippen molar-refractivity contribution in [3.05, 3.63) is 54.1 Å². The number of hydrogen-bond donors (Lipinski definition) is 1. The van der Waals surface area contributed by atoms with Gasteiger partial charge in [0.05, 0.1) is 11.6 Å². The lowest BCUT2D eigenvalue weighted by molar-refractivity contribution is -0.150. The highest BCUT2D eigenvalue weighted by Gasteiger charge is 2.39. The molecule has 1 aliphatic heterocycles. The number of nitrogens with zero attached hydrogens (tertiary/aromatic N) is 7. The van der Waals surface area contributed by atoms with Crippen LogP contribution in [0.2, 0.25) is 0 Å². The number of carbonyl (C=O) groups is 2. The average molecular weight is 584 g/mol.